The van der Waals surface area contributed by atoms with E-state index in [-0.39, 0.29) is 42.0 Å². The van der Waals surface area contributed by atoms with Gasteiger partial charge < -0.3 is 15.4 Å². The number of fused-ring (bicyclic) bond motifs is 2. The van der Waals surface area contributed by atoms with Gasteiger partial charge in [-0.2, -0.15) is 0 Å². The summed E-state index contributed by atoms with van der Waals surface area (Å²) in [6.45, 7) is 0.530. The molecule has 2 aromatic carbocycles. The number of rotatable bonds is 3. The molecule has 0 fully saturated rings. The molecule has 0 aliphatic carbocycles. The topological polar surface area (TPSA) is 116 Å². The maximum absolute atomic E-state index is 12.7. The molecular weight excluding hydrogens is 354 g/mol. The molecule has 0 bridgehead atoms. The normalized spacial score (nSPS) is 13.2. The number of nitrogens with zero attached hydrogens (tertiary/aromatic N) is 1. The van der Waals surface area contributed by atoms with Gasteiger partial charge in [0.1, 0.15) is 5.75 Å². The van der Waals surface area contributed by atoms with E-state index >= 15 is 0 Å². The number of ether oxygens (including phenoxy) is 1. The van der Waals surface area contributed by atoms with Crippen molar-refractivity contribution in [1.29, 1.82) is 0 Å². The fraction of sp³-hybridized carbons (Fsp3) is 0.133. The molecule has 0 unspecified atom stereocenters. The van der Waals surface area contributed by atoms with Crippen molar-refractivity contribution in [2.24, 2.45) is 10.9 Å². The van der Waals surface area contributed by atoms with Crippen molar-refractivity contribution < 1.29 is 17.9 Å². The van der Waals surface area contributed by atoms with Crippen LogP contribution in [-0.2, 0) is 10.0 Å². The summed E-state index contributed by atoms with van der Waals surface area (Å²) in [6, 6.07) is 10.9. The van der Waals surface area contributed by atoms with E-state index in [0.717, 1.165) is 0 Å². The second-order valence-electron chi connectivity index (χ2n) is 5.02. The number of anilines is 1. The van der Waals surface area contributed by atoms with E-state index in [1.54, 1.807) is 24.3 Å². The van der Waals surface area contributed by atoms with E-state index in [1.807, 2.05) is 0 Å². The average Bonchev–Trinajstić information content (AvgIpc) is 2.62. The summed E-state index contributed by atoms with van der Waals surface area (Å²) in [6.07, 6.45) is 0. The van der Waals surface area contributed by atoms with Gasteiger partial charge in [0.05, 0.1) is 16.1 Å². The first kappa shape index (κ1) is 18.2. The molecule has 0 aromatic heterocycles. The zero-order valence-corrected chi connectivity index (χ0v) is 14.1. The summed E-state index contributed by atoms with van der Waals surface area (Å²) in [5.74, 6) is 0.335. The van der Waals surface area contributed by atoms with E-state index in [1.165, 1.54) is 23.1 Å². The van der Waals surface area contributed by atoms with Gasteiger partial charge in [-0.05, 0) is 24.3 Å². The fourth-order valence-corrected chi connectivity index (χ4v) is 2.96. The first-order chi connectivity index (χ1) is 10.9. The van der Waals surface area contributed by atoms with E-state index in [9.17, 15) is 13.2 Å². The zero-order valence-electron chi connectivity index (χ0n) is 12.5. The van der Waals surface area contributed by atoms with Crippen LogP contribution >= 0.6 is 12.4 Å². The molecule has 1 amide bonds. The molecule has 1 aliphatic rings. The molecule has 1 heterocycles. The molecule has 0 spiro atoms. The predicted molar refractivity (Wildman–Crippen MR) is 92.3 cm³/mol. The van der Waals surface area contributed by atoms with Gasteiger partial charge in [0, 0.05) is 19.2 Å². The van der Waals surface area contributed by atoms with E-state index in [2.05, 4.69) is 0 Å². The number of primary sulfonamides is 1. The van der Waals surface area contributed by atoms with Crippen LogP contribution in [0.2, 0.25) is 0 Å². The Kier molecular flexibility index (Phi) is 5.14. The third-order valence-corrected chi connectivity index (χ3v) is 4.40. The van der Waals surface area contributed by atoms with Gasteiger partial charge in [-0.1, -0.05) is 12.1 Å². The number of nitrogens with two attached hydrogens (primary N) is 2. The lowest BCUT2D eigenvalue weighted by Gasteiger charge is -2.21. The number of para-hydroxylation sites is 1. The summed E-state index contributed by atoms with van der Waals surface area (Å²) in [7, 11) is -3.88. The van der Waals surface area contributed by atoms with Crippen LogP contribution in [0.15, 0.2) is 47.4 Å². The molecule has 2 aromatic rings. The van der Waals surface area contributed by atoms with Crippen molar-refractivity contribution in [2.45, 2.75) is 4.90 Å². The summed E-state index contributed by atoms with van der Waals surface area (Å²) in [5, 5.41) is 5.16. The van der Waals surface area contributed by atoms with Crippen molar-refractivity contribution in [3.63, 3.8) is 0 Å². The Labute approximate surface area is 145 Å². The zero-order chi connectivity index (χ0) is 16.6. The molecule has 0 atom stereocenters. The van der Waals surface area contributed by atoms with Crippen LogP contribution in [0.3, 0.4) is 0 Å². The lowest BCUT2D eigenvalue weighted by Crippen LogP contribution is -2.34. The highest BCUT2D eigenvalue weighted by Gasteiger charge is 2.28. The van der Waals surface area contributed by atoms with Gasteiger partial charge in [-0.15, -0.1) is 12.4 Å². The van der Waals surface area contributed by atoms with Crippen LogP contribution < -0.4 is 20.5 Å². The number of hydrogen-bond acceptors (Lipinski definition) is 5. The van der Waals surface area contributed by atoms with Gasteiger partial charge in [-0.25, -0.2) is 13.6 Å². The number of sulfonamides is 1. The number of hydrogen-bond donors (Lipinski definition) is 2. The summed E-state index contributed by atoms with van der Waals surface area (Å²) in [4.78, 5) is 14.1. The lowest BCUT2D eigenvalue weighted by atomic mass is 10.1. The lowest BCUT2D eigenvalue weighted by molar-refractivity contribution is 0.0988. The maximum atomic E-state index is 12.7. The Morgan fingerprint density at radius 3 is 2.46 bits per heavy atom. The van der Waals surface area contributed by atoms with E-state index < -0.39 is 10.0 Å². The van der Waals surface area contributed by atoms with E-state index in [0.29, 0.717) is 17.0 Å². The summed E-state index contributed by atoms with van der Waals surface area (Å²) >= 11 is 0. The SMILES string of the molecule is Cl.NCCN1C(=O)c2ccccc2Oc2cc(S(N)(=O)=O)ccc21. The van der Waals surface area contributed by atoms with Crippen LogP contribution in [-0.4, -0.2) is 27.4 Å². The van der Waals surface area contributed by atoms with Crippen LogP contribution in [0.25, 0.3) is 0 Å². The molecule has 3 rings (SSSR count). The molecule has 4 N–H and O–H groups in total. The number of amides is 1. The number of benzene rings is 2. The van der Waals surface area contributed by atoms with Gasteiger partial charge in [0.25, 0.3) is 5.91 Å². The Balaban J connectivity index is 0.00000208. The number of halogens is 1. The van der Waals surface area contributed by atoms with Crippen LogP contribution in [0.4, 0.5) is 5.69 Å². The van der Waals surface area contributed by atoms with Crippen molar-refractivity contribution >= 4 is 34.0 Å². The van der Waals surface area contributed by atoms with Crippen molar-refractivity contribution in [3.05, 3.63) is 48.0 Å². The van der Waals surface area contributed by atoms with Crippen molar-refractivity contribution in [2.75, 3.05) is 18.0 Å². The Bertz CT molecular complexity index is 886. The second kappa shape index (κ2) is 6.78. The first-order valence-electron chi connectivity index (χ1n) is 6.87. The highest BCUT2D eigenvalue weighted by Crippen LogP contribution is 2.39. The number of carbonyl (C=O) groups is 1. The standard InChI is InChI=1S/C15H15N3O4S.ClH/c16-7-8-18-12-6-5-10(23(17,20)21)9-14(12)22-13-4-2-1-3-11(13)15(18)19;/h1-6,9H,7-8,16H2,(H2,17,20,21);1H. The Morgan fingerprint density at radius 1 is 1.08 bits per heavy atom. The van der Waals surface area contributed by atoms with E-state index in [4.69, 9.17) is 15.6 Å². The minimum Gasteiger partial charge on any atom is -0.454 e. The third-order valence-electron chi connectivity index (χ3n) is 3.49. The highest BCUT2D eigenvalue weighted by molar-refractivity contribution is 7.89. The fourth-order valence-electron chi connectivity index (χ4n) is 2.43. The maximum Gasteiger partial charge on any atom is 0.262 e. The minimum atomic E-state index is -3.88. The molecule has 0 saturated carbocycles. The first-order valence-corrected chi connectivity index (χ1v) is 8.42. The molecule has 128 valence electrons. The Hall–Kier alpha value is -2.13. The second-order valence-corrected chi connectivity index (χ2v) is 6.58. The molecule has 1 aliphatic heterocycles. The third kappa shape index (κ3) is 3.22. The largest absolute Gasteiger partial charge is 0.454 e. The molecule has 24 heavy (non-hydrogen) atoms. The van der Waals surface area contributed by atoms with Crippen LogP contribution in [0.5, 0.6) is 11.5 Å². The monoisotopic (exact) mass is 369 g/mol. The molecular formula is C15H16ClN3O4S. The van der Waals surface area contributed by atoms with Gasteiger partial charge in [0.15, 0.2) is 5.75 Å². The minimum absolute atomic E-state index is 0. The van der Waals surface area contributed by atoms with Gasteiger partial charge in [0.2, 0.25) is 10.0 Å². The van der Waals surface area contributed by atoms with Crippen molar-refractivity contribution in [1.82, 2.24) is 0 Å². The highest BCUT2D eigenvalue weighted by atomic mass is 35.5. The average molecular weight is 370 g/mol. The molecule has 0 saturated heterocycles. The smallest absolute Gasteiger partial charge is 0.262 e. The quantitative estimate of drug-likeness (QED) is 0.849. The Morgan fingerprint density at radius 2 is 1.79 bits per heavy atom. The van der Waals surface area contributed by atoms with Crippen molar-refractivity contribution in [3.8, 4) is 11.5 Å². The molecule has 0 radical (unpaired) electrons. The van der Waals surface area contributed by atoms with Gasteiger partial charge in [-0.3, -0.25) is 4.79 Å². The summed E-state index contributed by atoms with van der Waals surface area (Å²) in [5.41, 5.74) is 6.43. The predicted octanol–water partition coefficient (Wildman–Crippen LogP) is 1.47. The molecule has 9 heteroatoms. The summed E-state index contributed by atoms with van der Waals surface area (Å²) < 4.78 is 28.8. The molecule has 7 nitrogen and oxygen atoms in total. The van der Waals surface area contributed by atoms with Crippen LogP contribution in [0.1, 0.15) is 10.4 Å². The van der Waals surface area contributed by atoms with Gasteiger partial charge >= 0.3 is 0 Å². The van der Waals surface area contributed by atoms with Crippen LogP contribution in [0, 0.1) is 0 Å². The number of carbonyl (C=O) groups excluding carboxylic acids is 1.